The predicted octanol–water partition coefficient (Wildman–Crippen LogP) is 3.73. The summed E-state index contributed by atoms with van der Waals surface area (Å²) in [7, 11) is -3.17. The second kappa shape index (κ2) is 6.23. The van der Waals surface area contributed by atoms with Crippen LogP contribution in [-0.2, 0) is 22.9 Å². The Morgan fingerprint density at radius 1 is 1.23 bits per heavy atom. The van der Waals surface area contributed by atoms with Gasteiger partial charge < -0.3 is 5.11 Å². The third-order valence-electron chi connectivity index (χ3n) is 7.66. The Bertz CT molecular complexity index is 819. The van der Waals surface area contributed by atoms with E-state index in [0.717, 1.165) is 50.5 Å². The minimum atomic E-state index is -3.17. The third-order valence-corrected chi connectivity index (χ3v) is 8.37. The van der Waals surface area contributed by atoms with Crippen molar-refractivity contribution in [1.29, 1.82) is 0 Å². The Hall–Kier alpha value is -1.07. The Morgan fingerprint density at radius 3 is 2.69 bits per heavy atom. The van der Waals surface area contributed by atoms with Gasteiger partial charge in [0, 0.05) is 6.04 Å². The van der Waals surface area contributed by atoms with Gasteiger partial charge in [0.05, 0.1) is 6.26 Å². The van der Waals surface area contributed by atoms with Gasteiger partial charge in [-0.1, -0.05) is 19.9 Å². The molecule has 144 valence electrons. The highest BCUT2D eigenvalue weighted by Gasteiger charge is 2.55. The average molecular weight is 378 g/mol. The molecular formula is C21H31NO3S. The van der Waals surface area contributed by atoms with Crippen molar-refractivity contribution in [2.24, 2.45) is 17.3 Å². The molecule has 0 aromatic heterocycles. The van der Waals surface area contributed by atoms with E-state index in [-0.39, 0.29) is 11.5 Å². The van der Waals surface area contributed by atoms with E-state index in [4.69, 9.17) is 0 Å². The predicted molar refractivity (Wildman–Crippen MR) is 104 cm³/mol. The quantitative estimate of drug-likeness (QED) is 0.843. The SMILES string of the molecule is CCc1cc2c(cc1O)CC[C@@H]1[C@@H]2CC[C@]2(C)[C@@H](NS(C)(=O)=O)CC[C@@H]12. The highest BCUT2D eigenvalue weighted by molar-refractivity contribution is 7.88. The minimum Gasteiger partial charge on any atom is -0.508 e. The zero-order valence-electron chi connectivity index (χ0n) is 16.1. The Labute approximate surface area is 157 Å². The van der Waals surface area contributed by atoms with Crippen molar-refractivity contribution in [3.63, 3.8) is 0 Å². The highest BCUT2D eigenvalue weighted by atomic mass is 32.2. The first-order valence-electron chi connectivity index (χ1n) is 10.0. The fraction of sp³-hybridized carbons (Fsp3) is 0.714. The lowest BCUT2D eigenvalue weighted by molar-refractivity contribution is 0.0462. The first-order valence-corrected chi connectivity index (χ1v) is 11.9. The van der Waals surface area contributed by atoms with E-state index < -0.39 is 10.0 Å². The van der Waals surface area contributed by atoms with Gasteiger partial charge >= 0.3 is 0 Å². The molecule has 2 saturated carbocycles. The number of rotatable bonds is 3. The number of aromatic hydroxyl groups is 1. The molecule has 0 radical (unpaired) electrons. The Kier molecular flexibility index (Phi) is 4.39. The monoisotopic (exact) mass is 377 g/mol. The molecule has 4 nitrogen and oxygen atoms in total. The van der Waals surface area contributed by atoms with Crippen molar-refractivity contribution in [2.75, 3.05) is 6.26 Å². The van der Waals surface area contributed by atoms with Crippen molar-refractivity contribution in [3.05, 3.63) is 28.8 Å². The summed E-state index contributed by atoms with van der Waals surface area (Å²) >= 11 is 0. The lowest BCUT2D eigenvalue weighted by atomic mass is 9.55. The van der Waals surface area contributed by atoms with Crippen LogP contribution in [0.2, 0.25) is 0 Å². The Morgan fingerprint density at radius 2 is 2.00 bits per heavy atom. The average Bonchev–Trinajstić information content (AvgIpc) is 2.89. The maximum absolute atomic E-state index is 11.8. The van der Waals surface area contributed by atoms with Crippen LogP contribution in [0.25, 0.3) is 0 Å². The number of phenolic OH excluding ortho intramolecular Hbond substituents is 1. The van der Waals surface area contributed by atoms with Crippen LogP contribution >= 0.6 is 0 Å². The normalized spacial score (nSPS) is 36.3. The second-order valence-electron chi connectivity index (χ2n) is 9.01. The minimum absolute atomic E-state index is 0.0757. The summed E-state index contributed by atoms with van der Waals surface area (Å²) < 4.78 is 26.6. The molecule has 0 saturated heterocycles. The van der Waals surface area contributed by atoms with Gasteiger partial charge in [-0.2, -0.15) is 0 Å². The molecule has 26 heavy (non-hydrogen) atoms. The molecule has 0 heterocycles. The molecule has 5 heteroatoms. The molecule has 0 aliphatic heterocycles. The standard InChI is InChI=1S/C21H31NO3S/c1-4-13-11-17-14(12-19(13)23)5-6-16-15(17)9-10-21(2)18(16)7-8-20(21)22-26(3,24)25/h11-12,15-16,18,20,22-23H,4-10H2,1-3H3/t15-,16+,18-,20-,21-/m0/s1. The second-order valence-corrected chi connectivity index (χ2v) is 10.8. The van der Waals surface area contributed by atoms with E-state index in [1.54, 1.807) is 0 Å². The highest BCUT2D eigenvalue weighted by Crippen LogP contribution is 2.61. The molecule has 5 atom stereocenters. The molecule has 3 aliphatic rings. The summed E-state index contributed by atoms with van der Waals surface area (Å²) in [6, 6.07) is 4.34. The smallest absolute Gasteiger partial charge is 0.208 e. The van der Waals surface area contributed by atoms with Crippen LogP contribution in [0.3, 0.4) is 0 Å². The van der Waals surface area contributed by atoms with Crippen molar-refractivity contribution in [1.82, 2.24) is 4.72 Å². The number of phenols is 1. The van der Waals surface area contributed by atoms with E-state index in [1.165, 1.54) is 17.4 Å². The van der Waals surface area contributed by atoms with Gasteiger partial charge in [0.2, 0.25) is 10.0 Å². The number of aryl methyl sites for hydroxylation is 2. The summed E-state index contributed by atoms with van der Waals surface area (Å²) in [5, 5.41) is 10.2. The molecular weight excluding hydrogens is 346 g/mol. The molecule has 2 N–H and O–H groups in total. The van der Waals surface area contributed by atoms with Crippen LogP contribution in [-0.4, -0.2) is 25.8 Å². The maximum Gasteiger partial charge on any atom is 0.208 e. The molecule has 0 bridgehead atoms. The topological polar surface area (TPSA) is 66.4 Å². The molecule has 0 unspecified atom stereocenters. The lowest BCUT2D eigenvalue weighted by Crippen LogP contribution is -2.49. The molecule has 3 aliphatic carbocycles. The molecule has 1 aromatic rings. The van der Waals surface area contributed by atoms with E-state index in [0.29, 0.717) is 23.5 Å². The number of benzene rings is 1. The number of nitrogens with one attached hydrogen (secondary N) is 1. The summed E-state index contributed by atoms with van der Waals surface area (Å²) in [6.45, 7) is 4.41. The van der Waals surface area contributed by atoms with Crippen molar-refractivity contribution in [2.45, 2.75) is 70.8 Å². The van der Waals surface area contributed by atoms with Gasteiger partial charge in [0.1, 0.15) is 5.75 Å². The number of fused-ring (bicyclic) bond motifs is 5. The largest absolute Gasteiger partial charge is 0.508 e. The Balaban J connectivity index is 1.65. The summed E-state index contributed by atoms with van der Waals surface area (Å²) in [5.74, 6) is 2.25. The summed E-state index contributed by atoms with van der Waals surface area (Å²) in [5.41, 5.74) is 3.92. The van der Waals surface area contributed by atoms with Gasteiger partial charge in [0.25, 0.3) is 0 Å². The fourth-order valence-corrected chi connectivity index (χ4v) is 7.29. The third kappa shape index (κ3) is 2.88. The van der Waals surface area contributed by atoms with Gasteiger partial charge in [-0.25, -0.2) is 13.1 Å². The van der Waals surface area contributed by atoms with Crippen LogP contribution in [0.15, 0.2) is 12.1 Å². The lowest BCUT2D eigenvalue weighted by Gasteiger charge is -2.51. The molecule has 1 aromatic carbocycles. The number of hydrogen-bond donors (Lipinski definition) is 2. The molecule has 0 spiro atoms. The van der Waals surface area contributed by atoms with Crippen LogP contribution in [0.5, 0.6) is 5.75 Å². The van der Waals surface area contributed by atoms with E-state index in [2.05, 4.69) is 24.6 Å². The van der Waals surface area contributed by atoms with Gasteiger partial charge in [-0.15, -0.1) is 0 Å². The van der Waals surface area contributed by atoms with Gasteiger partial charge in [-0.3, -0.25) is 0 Å². The fourth-order valence-electron chi connectivity index (χ4n) is 6.39. The number of sulfonamides is 1. The van der Waals surface area contributed by atoms with Crippen LogP contribution in [0.4, 0.5) is 0 Å². The first-order chi connectivity index (χ1) is 12.2. The van der Waals surface area contributed by atoms with Crippen LogP contribution in [0, 0.1) is 17.3 Å². The van der Waals surface area contributed by atoms with Crippen molar-refractivity contribution >= 4 is 10.0 Å². The van der Waals surface area contributed by atoms with Gasteiger partial charge in [0.15, 0.2) is 0 Å². The molecule has 4 rings (SSSR count). The summed E-state index contributed by atoms with van der Waals surface area (Å²) in [6.07, 6.45) is 8.62. The molecule has 0 amide bonds. The zero-order chi connectivity index (χ0) is 18.7. The maximum atomic E-state index is 11.8. The van der Waals surface area contributed by atoms with Crippen LogP contribution in [0.1, 0.15) is 68.6 Å². The van der Waals surface area contributed by atoms with Crippen LogP contribution < -0.4 is 4.72 Å². The first kappa shape index (κ1) is 18.3. The number of hydrogen-bond acceptors (Lipinski definition) is 3. The van der Waals surface area contributed by atoms with E-state index >= 15 is 0 Å². The summed E-state index contributed by atoms with van der Waals surface area (Å²) in [4.78, 5) is 0. The zero-order valence-corrected chi connectivity index (χ0v) is 16.9. The van der Waals surface area contributed by atoms with Gasteiger partial charge in [-0.05, 0) is 90.9 Å². The van der Waals surface area contributed by atoms with E-state index in [1.807, 2.05) is 6.07 Å². The van der Waals surface area contributed by atoms with Crippen molar-refractivity contribution in [3.8, 4) is 5.75 Å². The van der Waals surface area contributed by atoms with Crippen molar-refractivity contribution < 1.29 is 13.5 Å². The van der Waals surface area contributed by atoms with E-state index in [9.17, 15) is 13.5 Å². The molecule has 2 fully saturated rings.